The predicted octanol–water partition coefficient (Wildman–Crippen LogP) is 3.10. The summed E-state index contributed by atoms with van der Waals surface area (Å²) in [6.45, 7) is 12.3. The molecule has 9 atom stereocenters. The maximum absolute atomic E-state index is 14.0. The summed E-state index contributed by atoms with van der Waals surface area (Å²) < 4.78 is 22.3. The number of Topliss-reactive ketones (excluding diaryl/α,β-unsaturated/α-hetero) is 1. The second-order valence-electron chi connectivity index (χ2n) is 14.7. The van der Waals surface area contributed by atoms with E-state index in [0.717, 1.165) is 14.0 Å². The van der Waals surface area contributed by atoms with Gasteiger partial charge in [0.1, 0.15) is 28.8 Å². The molecule has 15 heteroatoms. The van der Waals surface area contributed by atoms with E-state index in [4.69, 9.17) is 18.9 Å². The number of methoxy groups -OCH3 is 1. The number of phenols is 1. The van der Waals surface area contributed by atoms with Crippen molar-refractivity contribution >= 4 is 34.9 Å². The highest BCUT2D eigenvalue weighted by molar-refractivity contribution is 6.21. The number of aliphatic hydroxyl groups is 5. The van der Waals surface area contributed by atoms with Crippen LogP contribution in [0.3, 0.4) is 0 Å². The van der Waals surface area contributed by atoms with E-state index in [9.17, 15) is 49.8 Å². The van der Waals surface area contributed by atoms with Crippen molar-refractivity contribution in [3.63, 3.8) is 0 Å². The number of anilines is 1. The Hall–Kier alpha value is -4.80. The van der Waals surface area contributed by atoms with Crippen LogP contribution in [-0.2, 0) is 28.6 Å². The minimum absolute atomic E-state index is 0.00256. The van der Waals surface area contributed by atoms with Gasteiger partial charge in [-0.05, 0) is 46.3 Å². The Morgan fingerprint density at radius 1 is 0.909 bits per heavy atom. The molecule has 7 N–H and O–H groups in total. The van der Waals surface area contributed by atoms with Crippen LogP contribution >= 0.6 is 0 Å². The van der Waals surface area contributed by atoms with E-state index in [1.54, 1.807) is 13.0 Å². The van der Waals surface area contributed by atoms with E-state index in [1.165, 1.54) is 66.7 Å². The van der Waals surface area contributed by atoms with Crippen molar-refractivity contribution in [1.29, 1.82) is 0 Å². The Kier molecular flexibility index (Phi) is 12.9. The summed E-state index contributed by atoms with van der Waals surface area (Å²) in [5.74, 6) is -8.68. The van der Waals surface area contributed by atoms with E-state index >= 15 is 0 Å². The first kappa shape index (κ1) is 42.9. The number of carbonyl (C=O) groups excluding carboxylic acids is 4. The van der Waals surface area contributed by atoms with Crippen LogP contribution in [0.4, 0.5) is 5.69 Å². The molecule has 0 saturated carbocycles. The molecule has 4 aliphatic rings. The molecule has 4 bridgehead atoms. The standard InChI is InChI=1S/C40H51NO14/c1-16-12-11-13-17(2)38(49)41-28-19(4)36(55-23(8)42)24-25(33(28)47)31(45)21(6)35-26(24)34(53-15-54-35)18(3)14-40(9,51)37(48)22(7)32(46)27(39(50)52-10)30(44)20(5)29(16)43/h11-14,16,20,22,27,29-30,32,37,43-44,46-48,51H,15H2,1-10H3,(H,41,49)/b12-11-,17-13+,18-14+/t16-,20+,22+,27-,29-,30-,32-,37-,40+/m1/s1. The average Bonchev–Trinajstić information content (AvgIpc) is 3.13. The van der Waals surface area contributed by atoms with Gasteiger partial charge in [-0.25, -0.2) is 0 Å². The molecular formula is C40H51NO14. The zero-order valence-corrected chi connectivity index (χ0v) is 32.6. The number of carbonyl (C=O) groups is 4. The zero-order chi connectivity index (χ0) is 41.4. The third-order valence-corrected chi connectivity index (χ3v) is 10.6. The number of hydrogen-bond acceptors (Lipinski definition) is 14. The van der Waals surface area contributed by atoms with Crippen LogP contribution in [0.1, 0.15) is 76.9 Å². The first-order chi connectivity index (χ1) is 25.6. The van der Waals surface area contributed by atoms with Crippen molar-refractivity contribution in [2.24, 2.45) is 23.7 Å². The normalized spacial score (nSPS) is 33.3. The number of ether oxygens (including phenoxy) is 4. The summed E-state index contributed by atoms with van der Waals surface area (Å²) in [4.78, 5) is 53.0. The van der Waals surface area contributed by atoms with Crippen molar-refractivity contribution in [2.45, 2.75) is 92.3 Å². The summed E-state index contributed by atoms with van der Waals surface area (Å²) in [5, 5.41) is 71.8. The number of aliphatic hydroxyl groups excluding tert-OH is 4. The highest BCUT2D eigenvalue weighted by Crippen LogP contribution is 2.53. The first-order valence-electron chi connectivity index (χ1n) is 17.8. The molecule has 1 amide bonds. The van der Waals surface area contributed by atoms with E-state index in [0.29, 0.717) is 0 Å². The lowest BCUT2D eigenvalue weighted by Crippen LogP contribution is -2.53. The molecule has 3 heterocycles. The number of rotatable bonds is 2. The van der Waals surface area contributed by atoms with Gasteiger partial charge < -0.3 is 54.9 Å². The number of allylic oxidation sites excluding steroid dienone is 5. The summed E-state index contributed by atoms with van der Waals surface area (Å²) in [6, 6.07) is 0. The number of nitrogens with one attached hydrogen (secondary N) is 1. The van der Waals surface area contributed by atoms with Crippen LogP contribution in [0.25, 0.3) is 5.57 Å². The average molecular weight is 770 g/mol. The predicted molar refractivity (Wildman–Crippen MR) is 198 cm³/mol. The van der Waals surface area contributed by atoms with E-state index < -0.39 is 89.9 Å². The van der Waals surface area contributed by atoms with Crippen LogP contribution in [0.5, 0.6) is 11.5 Å². The molecule has 1 aliphatic carbocycles. The van der Waals surface area contributed by atoms with Crippen molar-refractivity contribution in [1.82, 2.24) is 0 Å². The Bertz CT molecular complexity index is 1920. The van der Waals surface area contributed by atoms with Crippen LogP contribution < -0.4 is 10.1 Å². The molecule has 55 heavy (non-hydrogen) atoms. The van der Waals surface area contributed by atoms with E-state index in [2.05, 4.69) is 5.32 Å². The molecule has 300 valence electrons. The number of fused-ring (bicyclic) bond motifs is 14. The van der Waals surface area contributed by atoms with Crippen LogP contribution in [0, 0.1) is 30.6 Å². The number of hydrogen-bond donors (Lipinski definition) is 7. The van der Waals surface area contributed by atoms with Gasteiger partial charge in [0.25, 0.3) is 5.91 Å². The maximum Gasteiger partial charge on any atom is 0.313 e. The monoisotopic (exact) mass is 769 g/mol. The number of amides is 1. The number of ketones is 1. The van der Waals surface area contributed by atoms with Crippen molar-refractivity contribution in [2.75, 3.05) is 19.2 Å². The molecule has 1 aromatic rings. The first-order valence-corrected chi connectivity index (χ1v) is 17.8. The fourth-order valence-corrected chi connectivity index (χ4v) is 7.28. The number of esters is 2. The number of aromatic hydroxyl groups is 1. The lowest BCUT2D eigenvalue weighted by atomic mass is 9.75. The van der Waals surface area contributed by atoms with Crippen LogP contribution in [0.15, 0.2) is 52.5 Å². The van der Waals surface area contributed by atoms with Crippen molar-refractivity contribution in [3.05, 3.63) is 69.2 Å². The molecule has 1 aromatic carbocycles. The summed E-state index contributed by atoms with van der Waals surface area (Å²) in [5.41, 5.74) is -2.34. The summed E-state index contributed by atoms with van der Waals surface area (Å²) in [7, 11) is 1.06. The SMILES string of the molecule is COC(=O)[C@@H]1[C@H](O)[C@@H](C)[C@H](O)[C@H](C)/C=C\C=C(/C)C(=O)Nc2c(C)c(OC(C)=O)c3c(c2O)C(=O)C(C)=C2OCOC(=C23)/C(C)=C/[C@](C)(O)[C@H](O)[C@@H](C)[C@H]1O. The lowest BCUT2D eigenvalue weighted by molar-refractivity contribution is -0.168. The van der Waals surface area contributed by atoms with Gasteiger partial charge in [-0.1, -0.05) is 39.0 Å². The topological polar surface area (TPSA) is 239 Å². The third kappa shape index (κ3) is 8.12. The largest absolute Gasteiger partial charge is 0.505 e. The molecule has 0 radical (unpaired) electrons. The minimum Gasteiger partial charge on any atom is -0.505 e. The van der Waals surface area contributed by atoms with E-state index in [1.807, 2.05) is 0 Å². The molecule has 0 aromatic heterocycles. The van der Waals surface area contributed by atoms with Crippen molar-refractivity contribution < 1.29 is 68.8 Å². The Labute approximate surface area is 319 Å². The second-order valence-corrected chi connectivity index (χ2v) is 14.7. The Balaban J connectivity index is 2.07. The molecule has 0 unspecified atom stereocenters. The summed E-state index contributed by atoms with van der Waals surface area (Å²) in [6.07, 6.45) is -0.878. The van der Waals surface area contributed by atoms with Crippen LogP contribution in [-0.4, -0.2) is 98.2 Å². The van der Waals surface area contributed by atoms with Gasteiger partial charge >= 0.3 is 11.9 Å². The smallest absolute Gasteiger partial charge is 0.313 e. The van der Waals surface area contributed by atoms with Crippen LogP contribution in [0.2, 0.25) is 0 Å². The zero-order valence-electron chi connectivity index (χ0n) is 32.6. The highest BCUT2D eigenvalue weighted by atomic mass is 16.7. The molecule has 3 aliphatic heterocycles. The number of phenolic OH excluding ortho intramolecular Hbond substituents is 1. The molecule has 0 fully saturated rings. The lowest BCUT2D eigenvalue weighted by Gasteiger charge is -2.39. The Morgan fingerprint density at radius 3 is 2.11 bits per heavy atom. The molecule has 15 nitrogen and oxygen atoms in total. The highest BCUT2D eigenvalue weighted by Gasteiger charge is 2.47. The molecule has 0 spiro atoms. The van der Waals surface area contributed by atoms with Gasteiger partial charge in [0.2, 0.25) is 6.79 Å². The number of benzene rings is 1. The van der Waals surface area contributed by atoms with Gasteiger partial charge in [-0.3, -0.25) is 19.2 Å². The van der Waals surface area contributed by atoms with Gasteiger partial charge in [-0.2, -0.15) is 0 Å². The van der Waals surface area contributed by atoms with Gasteiger partial charge in [-0.15, -0.1) is 0 Å². The molecule has 0 saturated heterocycles. The fraction of sp³-hybridized carbons (Fsp3) is 0.500. The van der Waals surface area contributed by atoms with Gasteiger partial charge in [0, 0.05) is 47.0 Å². The summed E-state index contributed by atoms with van der Waals surface area (Å²) >= 11 is 0. The van der Waals surface area contributed by atoms with Crippen molar-refractivity contribution in [3.8, 4) is 11.5 Å². The van der Waals surface area contributed by atoms with E-state index in [-0.39, 0.29) is 61.9 Å². The quantitative estimate of drug-likeness (QED) is 0.130. The van der Waals surface area contributed by atoms with Gasteiger partial charge in [0.15, 0.2) is 11.5 Å². The molecular weight excluding hydrogens is 718 g/mol. The fourth-order valence-electron chi connectivity index (χ4n) is 7.28. The minimum atomic E-state index is -2.17. The Morgan fingerprint density at radius 2 is 1.51 bits per heavy atom. The van der Waals surface area contributed by atoms with Gasteiger partial charge in [0.05, 0.1) is 48.3 Å². The third-order valence-electron chi connectivity index (χ3n) is 10.6. The maximum atomic E-state index is 14.0. The molecule has 5 rings (SSSR count). The second kappa shape index (κ2) is 16.5.